The number of ether oxygens (including phenoxy) is 1. The topological polar surface area (TPSA) is 53.5 Å². The van der Waals surface area contributed by atoms with E-state index in [-0.39, 0.29) is 0 Å². The maximum Gasteiger partial charge on any atom is 0.146 e. The highest BCUT2D eigenvalue weighted by atomic mass is 32.1. The van der Waals surface area contributed by atoms with Gasteiger partial charge in [0.25, 0.3) is 0 Å². The molecule has 33 heavy (non-hydrogen) atoms. The second-order valence-electron chi connectivity index (χ2n) is 9.27. The normalized spacial score (nSPS) is 16.9. The number of nitrogens with one attached hydrogen (secondary N) is 1. The molecule has 1 N–H and O–H groups in total. The number of aryl methyl sites for hydroxylation is 2. The third-order valence-corrected chi connectivity index (χ3v) is 7.96. The van der Waals surface area contributed by atoms with Crippen LogP contribution in [0.5, 0.6) is 0 Å². The Morgan fingerprint density at radius 2 is 1.94 bits per heavy atom. The van der Waals surface area contributed by atoms with E-state index < -0.39 is 0 Å². The average molecular weight is 466 g/mol. The van der Waals surface area contributed by atoms with E-state index in [4.69, 9.17) is 14.7 Å². The van der Waals surface area contributed by atoms with Crippen molar-refractivity contribution >= 4 is 27.4 Å². The Morgan fingerprint density at radius 3 is 2.79 bits per heavy atom. The van der Waals surface area contributed by atoms with Crippen molar-refractivity contribution < 1.29 is 4.74 Å². The summed E-state index contributed by atoms with van der Waals surface area (Å²) in [7, 11) is 2.16. The zero-order valence-electron chi connectivity index (χ0n) is 19.9. The summed E-state index contributed by atoms with van der Waals surface area (Å²) in [6, 6.07) is 8.91. The van der Waals surface area contributed by atoms with Crippen LogP contribution in [0.3, 0.4) is 0 Å². The molecule has 7 heteroatoms. The van der Waals surface area contributed by atoms with Crippen molar-refractivity contribution in [2.45, 2.75) is 52.2 Å². The number of morpholine rings is 1. The lowest BCUT2D eigenvalue weighted by Crippen LogP contribution is -2.36. The Bertz CT molecular complexity index is 1090. The predicted molar refractivity (Wildman–Crippen MR) is 136 cm³/mol. The Balaban J connectivity index is 1.41. The number of nitrogens with zero attached hydrogens (tertiary/aromatic N) is 4. The van der Waals surface area contributed by atoms with Crippen LogP contribution in [0.15, 0.2) is 24.3 Å². The highest BCUT2D eigenvalue weighted by molar-refractivity contribution is 7.19. The molecule has 1 aromatic carbocycles. The van der Waals surface area contributed by atoms with Gasteiger partial charge in [-0.05, 0) is 56.0 Å². The minimum absolute atomic E-state index is 0.775. The lowest BCUT2D eigenvalue weighted by atomic mass is 9.97. The van der Waals surface area contributed by atoms with Crippen molar-refractivity contribution in [3.05, 3.63) is 51.7 Å². The van der Waals surface area contributed by atoms with Gasteiger partial charge in [-0.1, -0.05) is 31.2 Å². The summed E-state index contributed by atoms with van der Waals surface area (Å²) in [5.74, 6) is 1.93. The quantitative estimate of drug-likeness (QED) is 0.530. The fraction of sp³-hybridized carbons (Fsp3) is 0.538. The van der Waals surface area contributed by atoms with Crippen LogP contribution in [0, 0.1) is 0 Å². The summed E-state index contributed by atoms with van der Waals surface area (Å²) in [4.78, 5) is 17.5. The summed E-state index contributed by atoms with van der Waals surface area (Å²) in [6.45, 7) is 9.28. The number of benzene rings is 1. The molecule has 6 nitrogen and oxygen atoms in total. The second-order valence-corrected chi connectivity index (χ2v) is 10.4. The Morgan fingerprint density at radius 1 is 1.12 bits per heavy atom. The summed E-state index contributed by atoms with van der Waals surface area (Å²) in [5.41, 5.74) is 4.13. The standard InChI is InChI=1S/C26H35N5OS/c1-3-30(2)17-20-8-6-7-19(15-20)16-27-25-24-21-9-4-5-10-22(21)33-26(24)29-23(28-25)18-31-11-13-32-14-12-31/h6-8,15H,3-5,9-14,16-18H2,1-2H3,(H,27,28,29). The van der Waals surface area contributed by atoms with Gasteiger partial charge in [-0.15, -0.1) is 11.3 Å². The molecule has 0 radical (unpaired) electrons. The van der Waals surface area contributed by atoms with Crippen LogP contribution in [0.1, 0.15) is 47.2 Å². The summed E-state index contributed by atoms with van der Waals surface area (Å²) in [6.07, 6.45) is 4.88. The van der Waals surface area contributed by atoms with Crippen molar-refractivity contribution in [2.24, 2.45) is 0 Å². The van der Waals surface area contributed by atoms with E-state index >= 15 is 0 Å². The first-order valence-electron chi connectivity index (χ1n) is 12.3. The highest BCUT2D eigenvalue weighted by Crippen LogP contribution is 2.38. The van der Waals surface area contributed by atoms with Crippen LogP contribution >= 0.6 is 11.3 Å². The SMILES string of the molecule is CCN(C)Cc1cccc(CNc2nc(CN3CCOCC3)nc3sc4c(c23)CCCC4)c1. The molecule has 1 saturated heterocycles. The van der Waals surface area contributed by atoms with Crippen molar-refractivity contribution in [3.63, 3.8) is 0 Å². The fourth-order valence-corrected chi connectivity index (χ4v) is 6.09. The molecule has 1 aliphatic heterocycles. The number of hydrogen-bond donors (Lipinski definition) is 1. The van der Waals surface area contributed by atoms with Gasteiger partial charge in [0.15, 0.2) is 0 Å². The van der Waals surface area contributed by atoms with Gasteiger partial charge in [-0.25, -0.2) is 9.97 Å². The lowest BCUT2D eigenvalue weighted by Gasteiger charge is -2.25. The molecule has 0 unspecified atom stereocenters. The first-order valence-corrected chi connectivity index (χ1v) is 13.1. The van der Waals surface area contributed by atoms with Gasteiger partial charge in [-0.3, -0.25) is 4.90 Å². The Labute approximate surface area is 201 Å². The van der Waals surface area contributed by atoms with Crippen molar-refractivity contribution in [3.8, 4) is 0 Å². The summed E-state index contributed by atoms with van der Waals surface area (Å²) in [5, 5.41) is 4.98. The molecular weight excluding hydrogens is 430 g/mol. The minimum atomic E-state index is 0.775. The highest BCUT2D eigenvalue weighted by Gasteiger charge is 2.22. The van der Waals surface area contributed by atoms with Gasteiger partial charge < -0.3 is 15.0 Å². The maximum atomic E-state index is 5.52. The van der Waals surface area contributed by atoms with Crippen LogP contribution in [-0.2, 0) is 37.2 Å². The van der Waals surface area contributed by atoms with Crippen LogP contribution in [0.2, 0.25) is 0 Å². The molecule has 1 aliphatic carbocycles. The Hall–Kier alpha value is -2.06. The second kappa shape index (κ2) is 10.5. The number of aromatic nitrogens is 2. The van der Waals surface area contributed by atoms with Crippen molar-refractivity contribution in [1.82, 2.24) is 19.8 Å². The molecule has 3 aromatic rings. The van der Waals surface area contributed by atoms with Gasteiger partial charge >= 0.3 is 0 Å². The van der Waals surface area contributed by atoms with Crippen LogP contribution in [0.4, 0.5) is 5.82 Å². The molecular formula is C26H35N5OS. The molecule has 176 valence electrons. The van der Waals surface area contributed by atoms with Gasteiger partial charge in [0, 0.05) is 31.1 Å². The zero-order valence-corrected chi connectivity index (χ0v) is 20.7. The monoisotopic (exact) mass is 465 g/mol. The van der Waals surface area contributed by atoms with Crippen LogP contribution < -0.4 is 5.32 Å². The number of rotatable bonds is 8. The van der Waals surface area contributed by atoms with E-state index in [1.54, 1.807) is 0 Å². The molecule has 5 rings (SSSR count). The number of hydrogen-bond acceptors (Lipinski definition) is 7. The molecule has 2 aliphatic rings. The lowest BCUT2D eigenvalue weighted by molar-refractivity contribution is 0.0331. The summed E-state index contributed by atoms with van der Waals surface area (Å²) < 4.78 is 5.52. The zero-order chi connectivity index (χ0) is 22.6. The molecule has 2 aromatic heterocycles. The van der Waals surface area contributed by atoms with Crippen LogP contribution in [-0.4, -0.2) is 59.7 Å². The minimum Gasteiger partial charge on any atom is -0.379 e. The Kier molecular flexibility index (Phi) is 7.21. The molecule has 1 fully saturated rings. The predicted octanol–water partition coefficient (Wildman–Crippen LogP) is 4.47. The van der Waals surface area contributed by atoms with E-state index in [1.807, 2.05) is 11.3 Å². The van der Waals surface area contributed by atoms with Crippen molar-refractivity contribution in [1.29, 1.82) is 0 Å². The number of anilines is 1. The third kappa shape index (κ3) is 5.38. The molecule has 0 amide bonds. The van der Waals surface area contributed by atoms with Gasteiger partial charge in [0.2, 0.25) is 0 Å². The van der Waals surface area contributed by atoms with Gasteiger partial charge in [-0.2, -0.15) is 0 Å². The molecule has 0 atom stereocenters. The van der Waals surface area contributed by atoms with E-state index in [0.717, 1.165) is 75.4 Å². The van der Waals surface area contributed by atoms with E-state index in [0.29, 0.717) is 0 Å². The largest absolute Gasteiger partial charge is 0.379 e. The molecule has 0 spiro atoms. The average Bonchev–Trinajstić information content (AvgIpc) is 3.22. The van der Waals surface area contributed by atoms with E-state index in [1.165, 1.54) is 46.2 Å². The molecule has 3 heterocycles. The van der Waals surface area contributed by atoms with E-state index in [2.05, 4.69) is 53.4 Å². The first-order chi connectivity index (χ1) is 16.2. The third-order valence-electron chi connectivity index (χ3n) is 6.77. The fourth-order valence-electron chi connectivity index (χ4n) is 4.81. The molecule has 0 saturated carbocycles. The van der Waals surface area contributed by atoms with Gasteiger partial charge in [0.1, 0.15) is 16.5 Å². The van der Waals surface area contributed by atoms with Crippen molar-refractivity contribution in [2.75, 3.05) is 45.2 Å². The van der Waals surface area contributed by atoms with E-state index in [9.17, 15) is 0 Å². The van der Waals surface area contributed by atoms with Gasteiger partial charge in [0.05, 0.1) is 25.1 Å². The number of thiophene rings is 1. The molecule has 0 bridgehead atoms. The summed E-state index contributed by atoms with van der Waals surface area (Å²) >= 11 is 1.88. The van der Waals surface area contributed by atoms with Crippen LogP contribution in [0.25, 0.3) is 10.2 Å². The first kappa shape index (κ1) is 22.7. The smallest absolute Gasteiger partial charge is 0.146 e. The number of fused-ring (bicyclic) bond motifs is 3. The maximum absolute atomic E-state index is 5.52.